The molecule has 0 aliphatic carbocycles. The second-order valence-corrected chi connectivity index (χ2v) is 10.3. The Labute approximate surface area is 240 Å². The summed E-state index contributed by atoms with van der Waals surface area (Å²) in [5.41, 5.74) is 1.58. The lowest BCUT2D eigenvalue weighted by atomic mass is 10.1. The summed E-state index contributed by atoms with van der Waals surface area (Å²) in [5.74, 6) is -2.04. The molecule has 3 aromatic carbocycles. The van der Waals surface area contributed by atoms with Crippen molar-refractivity contribution < 1.29 is 38.1 Å². The van der Waals surface area contributed by atoms with Gasteiger partial charge in [-0.15, -0.1) is 0 Å². The molecule has 3 amide bonds. The van der Waals surface area contributed by atoms with Gasteiger partial charge >= 0.3 is 5.97 Å². The standard InChI is InChI=1S/C27H20FIN2O7S/c1-37-21-10-16(9-20(29)24(21)38-14-15-4-2-5-17(8-15)26(34)35)11-22-25(33)31(27(36)39-22)13-23(32)30-19-7-3-6-18(28)12-19/h2-12H,13-14H2,1H3,(H,30,32)(H,34,35)/b22-11+. The first-order valence-corrected chi connectivity index (χ1v) is 13.2. The van der Waals surface area contributed by atoms with E-state index in [1.54, 1.807) is 24.3 Å². The molecule has 1 aliphatic heterocycles. The van der Waals surface area contributed by atoms with Crippen molar-refractivity contribution in [2.75, 3.05) is 19.0 Å². The Hall–Kier alpha value is -3.91. The molecule has 12 heteroatoms. The van der Waals surface area contributed by atoms with Crippen LogP contribution in [0.3, 0.4) is 0 Å². The van der Waals surface area contributed by atoms with Gasteiger partial charge in [0.25, 0.3) is 11.1 Å². The van der Waals surface area contributed by atoms with E-state index < -0.39 is 35.4 Å². The van der Waals surface area contributed by atoms with Gasteiger partial charge in [0.05, 0.1) is 21.1 Å². The van der Waals surface area contributed by atoms with Gasteiger partial charge in [0.2, 0.25) is 5.91 Å². The van der Waals surface area contributed by atoms with Crippen LogP contribution in [0.15, 0.2) is 65.6 Å². The molecule has 39 heavy (non-hydrogen) atoms. The molecule has 0 spiro atoms. The Morgan fingerprint density at radius 1 is 1.13 bits per heavy atom. The first-order chi connectivity index (χ1) is 18.6. The number of amides is 3. The topological polar surface area (TPSA) is 122 Å². The second kappa shape index (κ2) is 12.3. The fourth-order valence-electron chi connectivity index (χ4n) is 3.61. The SMILES string of the molecule is COc1cc(/C=C2/SC(=O)N(CC(=O)Nc3cccc(F)c3)C2=O)cc(I)c1OCc1cccc(C(=O)O)c1. The number of hydrogen-bond donors (Lipinski definition) is 2. The Balaban J connectivity index is 1.47. The molecule has 0 saturated carbocycles. The lowest BCUT2D eigenvalue weighted by molar-refractivity contribution is -0.127. The van der Waals surface area contributed by atoms with Crippen molar-refractivity contribution in [3.05, 3.63) is 91.6 Å². The number of anilines is 1. The van der Waals surface area contributed by atoms with Gasteiger partial charge in [0.1, 0.15) is 19.0 Å². The van der Waals surface area contributed by atoms with E-state index in [4.69, 9.17) is 9.47 Å². The number of nitrogens with zero attached hydrogens (tertiary/aromatic N) is 1. The van der Waals surface area contributed by atoms with Gasteiger partial charge in [-0.05, 0) is 94.0 Å². The van der Waals surface area contributed by atoms with E-state index in [1.807, 2.05) is 22.6 Å². The van der Waals surface area contributed by atoms with Gasteiger partial charge in [0, 0.05) is 5.69 Å². The third kappa shape index (κ3) is 6.95. The van der Waals surface area contributed by atoms with Crippen molar-refractivity contribution >= 4 is 69.1 Å². The average molecular weight is 662 g/mol. The number of ether oxygens (including phenoxy) is 2. The van der Waals surface area contributed by atoms with Gasteiger partial charge in [-0.1, -0.05) is 18.2 Å². The lowest BCUT2D eigenvalue weighted by Gasteiger charge is -2.14. The van der Waals surface area contributed by atoms with Crippen molar-refractivity contribution in [3.8, 4) is 11.5 Å². The van der Waals surface area contributed by atoms with Crippen molar-refractivity contribution in [3.63, 3.8) is 0 Å². The quantitative estimate of drug-likeness (QED) is 0.231. The van der Waals surface area contributed by atoms with E-state index in [0.29, 0.717) is 38.0 Å². The molecule has 1 aliphatic rings. The van der Waals surface area contributed by atoms with Gasteiger partial charge in [0.15, 0.2) is 11.5 Å². The molecule has 0 atom stereocenters. The van der Waals surface area contributed by atoms with Crippen LogP contribution in [-0.2, 0) is 16.2 Å². The van der Waals surface area contributed by atoms with Crippen LogP contribution in [0.4, 0.5) is 14.9 Å². The fraction of sp³-hybridized carbons (Fsp3) is 0.111. The number of methoxy groups -OCH3 is 1. The van der Waals surface area contributed by atoms with Crippen molar-refractivity contribution in [1.82, 2.24) is 4.90 Å². The van der Waals surface area contributed by atoms with Gasteiger partial charge in [-0.2, -0.15) is 0 Å². The number of halogens is 2. The molecule has 0 aromatic heterocycles. The van der Waals surface area contributed by atoms with Crippen LogP contribution in [0.1, 0.15) is 21.5 Å². The molecule has 3 aromatic rings. The highest BCUT2D eigenvalue weighted by Crippen LogP contribution is 2.37. The molecular formula is C27H20FIN2O7S. The third-order valence-electron chi connectivity index (χ3n) is 5.39. The normalized spacial score (nSPS) is 14.0. The van der Waals surface area contributed by atoms with Crippen LogP contribution in [-0.4, -0.2) is 46.7 Å². The van der Waals surface area contributed by atoms with Crippen molar-refractivity contribution in [2.45, 2.75) is 6.61 Å². The maximum Gasteiger partial charge on any atom is 0.335 e. The molecule has 1 saturated heterocycles. The predicted molar refractivity (Wildman–Crippen MR) is 151 cm³/mol. The van der Waals surface area contributed by atoms with Gasteiger partial charge < -0.3 is 19.9 Å². The van der Waals surface area contributed by atoms with E-state index in [0.717, 1.165) is 11.0 Å². The molecule has 2 N–H and O–H groups in total. The van der Waals surface area contributed by atoms with Gasteiger partial charge in [-0.25, -0.2) is 9.18 Å². The van der Waals surface area contributed by atoms with Crippen LogP contribution in [0, 0.1) is 9.39 Å². The van der Waals surface area contributed by atoms with Crippen LogP contribution in [0.25, 0.3) is 6.08 Å². The van der Waals surface area contributed by atoms with Gasteiger partial charge in [-0.3, -0.25) is 19.3 Å². The molecule has 200 valence electrons. The molecular weight excluding hydrogens is 642 g/mol. The molecule has 0 unspecified atom stereocenters. The molecule has 1 heterocycles. The first-order valence-electron chi connectivity index (χ1n) is 11.3. The number of carboxylic acid groups (broad SMARTS) is 1. The summed E-state index contributed by atoms with van der Waals surface area (Å²) in [4.78, 5) is 49.8. The molecule has 0 bridgehead atoms. The number of carbonyl (C=O) groups excluding carboxylic acids is 3. The predicted octanol–water partition coefficient (Wildman–Crippen LogP) is 5.39. The van der Waals surface area contributed by atoms with Crippen LogP contribution >= 0.6 is 34.4 Å². The summed E-state index contributed by atoms with van der Waals surface area (Å²) >= 11 is 2.74. The van der Waals surface area contributed by atoms with Crippen LogP contribution in [0.5, 0.6) is 11.5 Å². The minimum Gasteiger partial charge on any atom is -0.493 e. The van der Waals surface area contributed by atoms with E-state index >= 15 is 0 Å². The Morgan fingerprint density at radius 2 is 1.90 bits per heavy atom. The highest BCUT2D eigenvalue weighted by Gasteiger charge is 2.36. The van der Waals surface area contributed by atoms with E-state index in [-0.39, 0.29) is 22.8 Å². The minimum atomic E-state index is -1.04. The molecule has 4 rings (SSSR count). The highest BCUT2D eigenvalue weighted by atomic mass is 127. The number of thioether (sulfide) groups is 1. The Bertz CT molecular complexity index is 1510. The first kappa shape index (κ1) is 28.1. The summed E-state index contributed by atoms with van der Waals surface area (Å²) in [6.45, 7) is -0.418. The summed E-state index contributed by atoms with van der Waals surface area (Å²) in [6, 6.07) is 15.0. The van der Waals surface area contributed by atoms with E-state index in [1.165, 1.54) is 43.5 Å². The molecule has 9 nitrogen and oxygen atoms in total. The summed E-state index contributed by atoms with van der Waals surface area (Å²) in [7, 11) is 1.46. The summed E-state index contributed by atoms with van der Waals surface area (Å²) in [5, 5.41) is 11.0. The monoisotopic (exact) mass is 662 g/mol. The number of hydrogen-bond acceptors (Lipinski definition) is 7. The zero-order valence-electron chi connectivity index (χ0n) is 20.3. The van der Waals surface area contributed by atoms with Crippen LogP contribution in [0.2, 0.25) is 0 Å². The smallest absolute Gasteiger partial charge is 0.335 e. The Kier molecular flexibility index (Phi) is 8.86. The van der Waals surface area contributed by atoms with E-state index in [2.05, 4.69) is 5.32 Å². The number of aromatic carboxylic acids is 1. The number of nitrogens with one attached hydrogen (secondary N) is 1. The highest BCUT2D eigenvalue weighted by molar-refractivity contribution is 14.1. The molecule has 1 fully saturated rings. The van der Waals surface area contributed by atoms with Crippen molar-refractivity contribution in [2.24, 2.45) is 0 Å². The zero-order chi connectivity index (χ0) is 28.1. The third-order valence-corrected chi connectivity index (χ3v) is 7.10. The average Bonchev–Trinajstić information content (AvgIpc) is 3.15. The van der Waals surface area contributed by atoms with E-state index in [9.17, 15) is 28.7 Å². The fourth-order valence-corrected chi connectivity index (χ4v) is 5.23. The maximum absolute atomic E-state index is 13.4. The number of carbonyl (C=O) groups is 4. The second-order valence-electron chi connectivity index (χ2n) is 8.15. The number of imide groups is 1. The lowest BCUT2D eigenvalue weighted by Crippen LogP contribution is -2.36. The Morgan fingerprint density at radius 3 is 2.62 bits per heavy atom. The number of benzene rings is 3. The molecule has 0 radical (unpaired) electrons. The minimum absolute atomic E-state index is 0.101. The van der Waals surface area contributed by atoms with Crippen molar-refractivity contribution in [1.29, 1.82) is 0 Å². The zero-order valence-corrected chi connectivity index (χ0v) is 23.2. The number of carboxylic acids is 1. The summed E-state index contributed by atoms with van der Waals surface area (Å²) < 4.78 is 25.4. The summed E-state index contributed by atoms with van der Waals surface area (Å²) in [6.07, 6.45) is 1.51. The van der Waals surface area contributed by atoms with Crippen LogP contribution < -0.4 is 14.8 Å². The maximum atomic E-state index is 13.4. The largest absolute Gasteiger partial charge is 0.493 e. The number of rotatable bonds is 9.